The number of guanidine groups is 1. The zero-order valence-electron chi connectivity index (χ0n) is 15.6. The lowest BCUT2D eigenvalue weighted by molar-refractivity contribution is -0.119. The molecule has 0 aromatic heterocycles. The van der Waals surface area contributed by atoms with Crippen molar-refractivity contribution in [3.8, 4) is 0 Å². The predicted molar refractivity (Wildman–Crippen MR) is 103 cm³/mol. The number of hydrogen-bond acceptors (Lipinski definition) is 3. The van der Waals surface area contributed by atoms with E-state index in [1.54, 1.807) is 13.1 Å². The van der Waals surface area contributed by atoms with Crippen LogP contribution in [-0.4, -0.2) is 55.9 Å². The van der Waals surface area contributed by atoms with Crippen molar-refractivity contribution in [3.05, 3.63) is 35.4 Å². The highest BCUT2D eigenvalue weighted by Gasteiger charge is 2.23. The SMILES string of the molecule is CN=C(NCCNC(=O)c1cccc(C)c1)N1CCCC(CC(N)=O)C1. The number of rotatable bonds is 6. The Hall–Kier alpha value is -2.57. The fourth-order valence-corrected chi connectivity index (χ4v) is 3.28. The van der Waals surface area contributed by atoms with E-state index in [9.17, 15) is 9.59 Å². The number of nitrogens with two attached hydrogens (primary N) is 1. The number of aryl methyl sites for hydroxylation is 1. The lowest BCUT2D eigenvalue weighted by Gasteiger charge is -2.34. The van der Waals surface area contributed by atoms with Gasteiger partial charge in [0.05, 0.1) is 0 Å². The second-order valence-corrected chi connectivity index (χ2v) is 6.72. The molecule has 1 aromatic carbocycles. The molecule has 2 rings (SSSR count). The summed E-state index contributed by atoms with van der Waals surface area (Å²) in [5, 5.41) is 6.18. The molecular weight excluding hydrogens is 330 g/mol. The zero-order chi connectivity index (χ0) is 18.9. The third-order valence-corrected chi connectivity index (χ3v) is 4.49. The molecule has 4 N–H and O–H groups in total. The van der Waals surface area contributed by atoms with Crippen LogP contribution in [0, 0.1) is 12.8 Å². The van der Waals surface area contributed by atoms with Crippen LogP contribution in [0.15, 0.2) is 29.3 Å². The first-order valence-corrected chi connectivity index (χ1v) is 9.08. The summed E-state index contributed by atoms with van der Waals surface area (Å²) < 4.78 is 0. The quantitative estimate of drug-likeness (QED) is 0.399. The van der Waals surface area contributed by atoms with Crippen molar-refractivity contribution in [1.29, 1.82) is 0 Å². The number of carbonyl (C=O) groups excluding carboxylic acids is 2. The lowest BCUT2D eigenvalue weighted by Crippen LogP contribution is -2.48. The third-order valence-electron chi connectivity index (χ3n) is 4.49. The van der Waals surface area contributed by atoms with E-state index < -0.39 is 0 Å². The maximum atomic E-state index is 12.1. The molecule has 26 heavy (non-hydrogen) atoms. The Labute approximate surface area is 155 Å². The first-order chi connectivity index (χ1) is 12.5. The molecule has 1 unspecified atom stereocenters. The van der Waals surface area contributed by atoms with Gasteiger partial charge in [0.1, 0.15) is 0 Å². The largest absolute Gasteiger partial charge is 0.370 e. The number of likely N-dealkylation sites (tertiary alicyclic amines) is 1. The van der Waals surface area contributed by atoms with Crippen molar-refractivity contribution in [1.82, 2.24) is 15.5 Å². The Kier molecular flexibility index (Phi) is 7.44. The molecule has 1 aliphatic heterocycles. The second-order valence-electron chi connectivity index (χ2n) is 6.72. The highest BCUT2D eigenvalue weighted by Crippen LogP contribution is 2.19. The van der Waals surface area contributed by atoms with Gasteiger partial charge in [0.25, 0.3) is 5.91 Å². The summed E-state index contributed by atoms with van der Waals surface area (Å²) in [5.41, 5.74) is 7.05. The van der Waals surface area contributed by atoms with Gasteiger partial charge in [-0.15, -0.1) is 0 Å². The molecule has 1 aliphatic rings. The Morgan fingerprint density at radius 2 is 2.08 bits per heavy atom. The summed E-state index contributed by atoms with van der Waals surface area (Å²) in [4.78, 5) is 29.7. The number of amides is 2. The van der Waals surface area contributed by atoms with E-state index in [1.807, 2.05) is 25.1 Å². The minimum absolute atomic E-state index is 0.0787. The van der Waals surface area contributed by atoms with Crippen LogP contribution >= 0.6 is 0 Å². The van der Waals surface area contributed by atoms with Gasteiger partial charge < -0.3 is 21.3 Å². The standard InChI is InChI=1S/C19H29N5O2/c1-14-5-3-7-16(11-14)18(26)22-8-9-23-19(21-2)24-10-4-6-15(13-24)12-17(20)25/h3,5,7,11,15H,4,6,8-10,12-13H2,1-2H3,(H2,20,25)(H,21,23)(H,22,26). The maximum Gasteiger partial charge on any atom is 0.251 e. The van der Waals surface area contributed by atoms with Crippen LogP contribution in [0.2, 0.25) is 0 Å². The number of benzene rings is 1. The van der Waals surface area contributed by atoms with Crippen LogP contribution in [0.3, 0.4) is 0 Å². The molecule has 1 heterocycles. The summed E-state index contributed by atoms with van der Waals surface area (Å²) in [7, 11) is 1.74. The van der Waals surface area contributed by atoms with E-state index >= 15 is 0 Å². The second kappa shape index (κ2) is 9.79. The monoisotopic (exact) mass is 359 g/mol. The molecule has 7 nitrogen and oxygen atoms in total. The van der Waals surface area contributed by atoms with Crippen LogP contribution in [-0.2, 0) is 4.79 Å². The van der Waals surface area contributed by atoms with Gasteiger partial charge in [-0.2, -0.15) is 0 Å². The summed E-state index contributed by atoms with van der Waals surface area (Å²) in [6.07, 6.45) is 2.45. The Morgan fingerprint density at radius 1 is 1.31 bits per heavy atom. The topological polar surface area (TPSA) is 99.8 Å². The number of nitrogens with one attached hydrogen (secondary N) is 2. The third kappa shape index (κ3) is 6.06. The van der Waals surface area contributed by atoms with Gasteiger partial charge in [0.15, 0.2) is 5.96 Å². The van der Waals surface area contributed by atoms with E-state index in [2.05, 4.69) is 20.5 Å². The van der Waals surface area contributed by atoms with E-state index in [-0.39, 0.29) is 17.7 Å². The lowest BCUT2D eigenvalue weighted by atomic mass is 9.95. The summed E-state index contributed by atoms with van der Waals surface area (Å²) in [6, 6.07) is 7.52. The van der Waals surface area contributed by atoms with E-state index in [0.717, 1.165) is 37.5 Å². The normalized spacial score (nSPS) is 17.7. The smallest absolute Gasteiger partial charge is 0.251 e. The van der Waals surface area contributed by atoms with Crippen molar-refractivity contribution >= 4 is 17.8 Å². The number of hydrogen-bond donors (Lipinski definition) is 3. The number of piperidine rings is 1. The van der Waals surface area contributed by atoms with E-state index in [4.69, 9.17) is 5.73 Å². The van der Waals surface area contributed by atoms with Crippen LogP contribution < -0.4 is 16.4 Å². The highest BCUT2D eigenvalue weighted by atomic mass is 16.2. The summed E-state index contributed by atoms with van der Waals surface area (Å²) in [5.74, 6) is 0.744. The summed E-state index contributed by atoms with van der Waals surface area (Å²) >= 11 is 0. The zero-order valence-corrected chi connectivity index (χ0v) is 15.6. The number of primary amides is 1. The molecule has 1 fully saturated rings. The molecule has 0 bridgehead atoms. The van der Waals surface area contributed by atoms with Gasteiger partial charge in [-0.3, -0.25) is 14.6 Å². The van der Waals surface area contributed by atoms with Crippen LogP contribution in [0.4, 0.5) is 0 Å². The molecule has 0 saturated carbocycles. The number of nitrogens with zero attached hydrogens (tertiary/aromatic N) is 2. The predicted octanol–water partition coefficient (Wildman–Crippen LogP) is 0.888. The van der Waals surface area contributed by atoms with Crippen LogP contribution in [0.1, 0.15) is 35.2 Å². The fraction of sp³-hybridized carbons (Fsp3) is 0.526. The van der Waals surface area contributed by atoms with E-state index in [0.29, 0.717) is 25.1 Å². The first-order valence-electron chi connectivity index (χ1n) is 9.08. The molecule has 1 atom stereocenters. The van der Waals surface area contributed by atoms with Gasteiger partial charge in [-0.1, -0.05) is 17.7 Å². The van der Waals surface area contributed by atoms with Crippen molar-refractivity contribution in [2.24, 2.45) is 16.6 Å². The Balaban J connectivity index is 1.76. The maximum absolute atomic E-state index is 12.1. The minimum Gasteiger partial charge on any atom is -0.370 e. The Bertz CT molecular complexity index is 659. The average Bonchev–Trinajstić information content (AvgIpc) is 2.61. The molecule has 0 aliphatic carbocycles. The molecule has 1 aromatic rings. The first kappa shape index (κ1) is 19.8. The van der Waals surface area contributed by atoms with Gasteiger partial charge >= 0.3 is 0 Å². The molecule has 2 amide bonds. The van der Waals surface area contributed by atoms with Crippen molar-refractivity contribution in [3.63, 3.8) is 0 Å². The molecule has 1 saturated heterocycles. The number of carbonyl (C=O) groups is 2. The van der Waals surface area contributed by atoms with Gasteiger partial charge in [0.2, 0.25) is 5.91 Å². The molecule has 0 radical (unpaired) electrons. The van der Waals surface area contributed by atoms with Crippen molar-refractivity contribution in [2.45, 2.75) is 26.2 Å². The minimum atomic E-state index is -0.251. The molecule has 0 spiro atoms. The van der Waals surface area contributed by atoms with Crippen LogP contribution in [0.5, 0.6) is 0 Å². The molecular formula is C19H29N5O2. The molecule has 7 heteroatoms. The summed E-state index contributed by atoms with van der Waals surface area (Å²) in [6.45, 7) is 4.74. The average molecular weight is 359 g/mol. The van der Waals surface area contributed by atoms with Crippen molar-refractivity contribution in [2.75, 3.05) is 33.2 Å². The van der Waals surface area contributed by atoms with Gasteiger partial charge in [0, 0.05) is 45.2 Å². The fourth-order valence-electron chi connectivity index (χ4n) is 3.28. The van der Waals surface area contributed by atoms with Crippen molar-refractivity contribution < 1.29 is 9.59 Å². The van der Waals surface area contributed by atoms with Gasteiger partial charge in [-0.25, -0.2) is 0 Å². The van der Waals surface area contributed by atoms with Crippen LogP contribution in [0.25, 0.3) is 0 Å². The Morgan fingerprint density at radius 3 is 2.77 bits per heavy atom. The van der Waals surface area contributed by atoms with Gasteiger partial charge in [-0.05, 0) is 37.8 Å². The molecule has 142 valence electrons. The highest BCUT2D eigenvalue weighted by molar-refractivity contribution is 5.94. The van der Waals surface area contributed by atoms with E-state index in [1.165, 1.54) is 0 Å². The number of aliphatic imine (C=N–C) groups is 1.